The Kier molecular flexibility index (Phi) is 5.09. The van der Waals surface area contributed by atoms with Crippen LogP contribution in [0, 0.1) is 0 Å². The molecule has 96 valence electrons. The summed E-state index contributed by atoms with van der Waals surface area (Å²) in [5.41, 5.74) is 0. The second kappa shape index (κ2) is 6.34. The van der Waals surface area contributed by atoms with E-state index in [1.54, 1.807) is 0 Å². The van der Waals surface area contributed by atoms with Crippen LogP contribution in [0.15, 0.2) is 0 Å². The van der Waals surface area contributed by atoms with Crippen LogP contribution < -0.4 is 10.6 Å². The molecule has 1 fully saturated rings. The largest absolute Gasteiger partial charge is 0.321 e. The van der Waals surface area contributed by atoms with Gasteiger partial charge in [0.1, 0.15) is 12.6 Å². The van der Waals surface area contributed by atoms with Crippen LogP contribution in [0.5, 0.6) is 0 Å². The number of hydrogen-bond donors (Lipinski definition) is 2. The van der Waals surface area contributed by atoms with E-state index < -0.39 is 11.9 Å². The topological polar surface area (TPSA) is 78.5 Å². The van der Waals surface area contributed by atoms with Crippen LogP contribution in [-0.2, 0) is 14.4 Å². The van der Waals surface area contributed by atoms with Crippen LogP contribution in [-0.4, -0.2) is 48.3 Å². The van der Waals surface area contributed by atoms with E-state index in [9.17, 15) is 14.4 Å². The van der Waals surface area contributed by atoms with Crippen LogP contribution in [0.1, 0.15) is 26.7 Å². The van der Waals surface area contributed by atoms with E-state index in [1.807, 2.05) is 13.8 Å². The van der Waals surface area contributed by atoms with Crippen LogP contribution in [0.25, 0.3) is 0 Å². The minimum absolute atomic E-state index is 0.0186. The lowest BCUT2D eigenvalue weighted by molar-refractivity contribution is -0.150. The molecule has 1 aliphatic rings. The summed E-state index contributed by atoms with van der Waals surface area (Å²) < 4.78 is 0. The highest BCUT2D eigenvalue weighted by Crippen LogP contribution is 2.10. The lowest BCUT2D eigenvalue weighted by Crippen LogP contribution is -2.59. The maximum absolute atomic E-state index is 11.9. The summed E-state index contributed by atoms with van der Waals surface area (Å²) in [4.78, 5) is 36.0. The molecule has 1 aliphatic heterocycles. The number of nitrogens with zero attached hydrogens (tertiary/aromatic N) is 1. The molecule has 2 N–H and O–H groups in total. The molecule has 0 radical (unpaired) electrons. The third-order valence-electron chi connectivity index (χ3n) is 2.73. The molecule has 0 saturated carbocycles. The standard InChI is InChI=1S/C11H19N3O3/c1-3-8-11(17)13-9(15)7-14(8)10(16)5-6-12-4-2/h8,12H,3-7H2,1-2H3,(H,13,15,17). The molecule has 1 rings (SSSR count). The second-order valence-corrected chi connectivity index (χ2v) is 3.96. The normalized spacial score (nSPS) is 20.4. The Hall–Kier alpha value is -1.43. The number of nitrogens with one attached hydrogen (secondary N) is 2. The summed E-state index contributed by atoms with van der Waals surface area (Å²) >= 11 is 0. The van der Waals surface area contributed by atoms with Crippen LogP contribution in [0.2, 0.25) is 0 Å². The van der Waals surface area contributed by atoms with Gasteiger partial charge in [0.2, 0.25) is 17.7 Å². The van der Waals surface area contributed by atoms with Gasteiger partial charge in [0.15, 0.2) is 0 Å². The van der Waals surface area contributed by atoms with Gasteiger partial charge >= 0.3 is 0 Å². The maximum Gasteiger partial charge on any atom is 0.249 e. The highest BCUT2D eigenvalue weighted by Gasteiger charge is 2.34. The quantitative estimate of drug-likeness (QED) is 0.490. The van der Waals surface area contributed by atoms with Crippen molar-refractivity contribution >= 4 is 17.7 Å². The molecule has 1 saturated heterocycles. The summed E-state index contributed by atoms with van der Waals surface area (Å²) in [6.45, 7) is 5.12. The predicted molar refractivity (Wildman–Crippen MR) is 62.1 cm³/mol. The lowest BCUT2D eigenvalue weighted by atomic mass is 10.1. The number of piperazine rings is 1. The highest BCUT2D eigenvalue weighted by atomic mass is 16.2. The average Bonchev–Trinajstić information content (AvgIpc) is 2.28. The van der Waals surface area contributed by atoms with E-state index in [0.717, 1.165) is 6.54 Å². The van der Waals surface area contributed by atoms with E-state index in [2.05, 4.69) is 10.6 Å². The summed E-state index contributed by atoms with van der Waals surface area (Å²) in [5.74, 6) is -0.932. The Labute approximate surface area is 101 Å². The van der Waals surface area contributed by atoms with Crippen LogP contribution in [0.4, 0.5) is 0 Å². The van der Waals surface area contributed by atoms with E-state index in [4.69, 9.17) is 0 Å². The highest BCUT2D eigenvalue weighted by molar-refractivity contribution is 6.04. The van der Waals surface area contributed by atoms with Gasteiger partial charge in [0, 0.05) is 13.0 Å². The average molecular weight is 241 g/mol. The molecular weight excluding hydrogens is 222 g/mol. The number of imide groups is 1. The molecule has 0 aromatic heterocycles. The van der Waals surface area contributed by atoms with Crippen molar-refractivity contribution in [2.24, 2.45) is 0 Å². The summed E-state index contributed by atoms with van der Waals surface area (Å²) in [6.07, 6.45) is 0.830. The molecule has 0 aromatic carbocycles. The van der Waals surface area contributed by atoms with Crippen molar-refractivity contribution in [1.29, 1.82) is 0 Å². The van der Waals surface area contributed by atoms with Crippen molar-refractivity contribution in [2.45, 2.75) is 32.7 Å². The minimum atomic E-state index is -0.512. The monoisotopic (exact) mass is 241 g/mol. The Morgan fingerprint density at radius 3 is 2.76 bits per heavy atom. The Morgan fingerprint density at radius 2 is 2.18 bits per heavy atom. The molecule has 0 bridgehead atoms. The van der Waals surface area contributed by atoms with E-state index >= 15 is 0 Å². The van der Waals surface area contributed by atoms with Crippen molar-refractivity contribution in [3.63, 3.8) is 0 Å². The Balaban J connectivity index is 2.61. The molecular formula is C11H19N3O3. The fourth-order valence-electron chi connectivity index (χ4n) is 1.85. The van der Waals surface area contributed by atoms with Gasteiger partial charge in [-0.15, -0.1) is 0 Å². The second-order valence-electron chi connectivity index (χ2n) is 3.96. The van der Waals surface area contributed by atoms with Crippen LogP contribution >= 0.6 is 0 Å². The first-order valence-electron chi connectivity index (χ1n) is 5.94. The molecule has 6 nitrogen and oxygen atoms in total. The molecule has 0 spiro atoms. The number of rotatable bonds is 5. The number of carbonyl (C=O) groups is 3. The fraction of sp³-hybridized carbons (Fsp3) is 0.727. The van der Waals surface area contributed by atoms with Crippen molar-refractivity contribution in [3.05, 3.63) is 0 Å². The first kappa shape index (κ1) is 13.6. The van der Waals surface area contributed by atoms with Gasteiger partial charge in [0.25, 0.3) is 0 Å². The Morgan fingerprint density at radius 1 is 1.47 bits per heavy atom. The third-order valence-corrected chi connectivity index (χ3v) is 2.73. The molecule has 0 aliphatic carbocycles. The number of carbonyl (C=O) groups excluding carboxylic acids is 3. The maximum atomic E-state index is 11.9. The number of hydrogen-bond acceptors (Lipinski definition) is 4. The third kappa shape index (κ3) is 3.52. The van der Waals surface area contributed by atoms with Crippen LogP contribution in [0.3, 0.4) is 0 Å². The molecule has 6 heteroatoms. The van der Waals surface area contributed by atoms with E-state index in [0.29, 0.717) is 19.4 Å². The fourth-order valence-corrected chi connectivity index (χ4v) is 1.85. The molecule has 1 heterocycles. The van der Waals surface area contributed by atoms with E-state index in [-0.39, 0.29) is 18.4 Å². The smallest absolute Gasteiger partial charge is 0.249 e. The molecule has 1 unspecified atom stereocenters. The lowest BCUT2D eigenvalue weighted by Gasteiger charge is -2.33. The van der Waals surface area contributed by atoms with Gasteiger partial charge < -0.3 is 10.2 Å². The molecule has 1 atom stereocenters. The van der Waals surface area contributed by atoms with Gasteiger partial charge in [-0.05, 0) is 13.0 Å². The van der Waals surface area contributed by atoms with Crippen molar-refractivity contribution < 1.29 is 14.4 Å². The summed E-state index contributed by atoms with van der Waals surface area (Å²) in [5, 5.41) is 5.29. The molecule has 0 aromatic rings. The summed E-state index contributed by atoms with van der Waals surface area (Å²) in [7, 11) is 0. The Bertz CT molecular complexity index is 317. The van der Waals surface area contributed by atoms with Crippen molar-refractivity contribution in [2.75, 3.05) is 19.6 Å². The van der Waals surface area contributed by atoms with Gasteiger partial charge in [-0.1, -0.05) is 13.8 Å². The zero-order valence-electron chi connectivity index (χ0n) is 10.3. The zero-order valence-corrected chi connectivity index (χ0v) is 10.3. The van der Waals surface area contributed by atoms with Crippen molar-refractivity contribution in [1.82, 2.24) is 15.5 Å². The molecule has 17 heavy (non-hydrogen) atoms. The van der Waals surface area contributed by atoms with E-state index in [1.165, 1.54) is 4.90 Å². The van der Waals surface area contributed by atoms with Gasteiger partial charge in [-0.3, -0.25) is 19.7 Å². The zero-order chi connectivity index (χ0) is 12.8. The first-order valence-corrected chi connectivity index (χ1v) is 5.94. The number of amides is 3. The SMILES string of the molecule is CCNCCC(=O)N1CC(=O)NC(=O)C1CC. The van der Waals surface area contributed by atoms with Crippen molar-refractivity contribution in [3.8, 4) is 0 Å². The summed E-state index contributed by atoms with van der Waals surface area (Å²) in [6, 6.07) is -0.512. The van der Waals surface area contributed by atoms with Gasteiger partial charge in [-0.2, -0.15) is 0 Å². The minimum Gasteiger partial charge on any atom is -0.321 e. The first-order chi connectivity index (χ1) is 8.10. The predicted octanol–water partition coefficient (Wildman–Crippen LogP) is -0.750. The van der Waals surface area contributed by atoms with Gasteiger partial charge in [-0.25, -0.2) is 0 Å². The van der Waals surface area contributed by atoms with Gasteiger partial charge in [0.05, 0.1) is 0 Å². The molecule has 3 amide bonds.